The van der Waals surface area contributed by atoms with E-state index in [0.717, 1.165) is 37.9 Å². The molecule has 0 unspecified atom stereocenters. The first-order chi connectivity index (χ1) is 9.19. The quantitative estimate of drug-likeness (QED) is 0.774. The molecule has 1 aromatic rings. The topological polar surface area (TPSA) is 12.0 Å². The van der Waals surface area contributed by atoms with Crippen molar-refractivity contribution in [2.75, 3.05) is 13.1 Å². The third-order valence-corrected chi connectivity index (χ3v) is 4.52. The summed E-state index contributed by atoms with van der Waals surface area (Å²) in [7, 11) is 0. The first kappa shape index (κ1) is 14.8. The zero-order valence-electron chi connectivity index (χ0n) is 11.6. The molecule has 1 saturated carbocycles. The van der Waals surface area contributed by atoms with Crippen LogP contribution in [-0.2, 0) is 5.41 Å². The zero-order chi connectivity index (χ0) is 13.7. The Kier molecular flexibility index (Phi) is 5.23. The molecule has 0 radical (unpaired) electrons. The molecular weight excluding hydrogens is 261 g/mol. The number of hydrogen-bond donors (Lipinski definition) is 1. The second-order valence-corrected chi connectivity index (χ2v) is 6.03. The summed E-state index contributed by atoms with van der Waals surface area (Å²) in [4.78, 5) is 0. The Labute approximate surface area is 120 Å². The highest BCUT2D eigenvalue weighted by Crippen LogP contribution is 2.41. The van der Waals surface area contributed by atoms with E-state index in [0.29, 0.717) is 0 Å². The van der Waals surface area contributed by atoms with Gasteiger partial charge in [-0.05, 0) is 37.4 Å². The van der Waals surface area contributed by atoms with Crippen molar-refractivity contribution in [1.82, 2.24) is 5.32 Å². The molecule has 0 aliphatic heterocycles. The van der Waals surface area contributed by atoms with Gasteiger partial charge in [0.25, 0.3) is 0 Å². The third-order valence-electron chi connectivity index (χ3n) is 4.22. The van der Waals surface area contributed by atoms with E-state index >= 15 is 0 Å². The molecule has 19 heavy (non-hydrogen) atoms. The zero-order valence-corrected chi connectivity index (χ0v) is 12.4. The molecule has 2 rings (SSSR count). The summed E-state index contributed by atoms with van der Waals surface area (Å²) in [6.07, 6.45) is 6.84. The highest BCUT2D eigenvalue weighted by Gasteiger charge is 2.36. The number of benzene rings is 1. The average molecular weight is 284 g/mol. The molecule has 3 heteroatoms. The Morgan fingerprint density at radius 1 is 1.26 bits per heavy atom. The Balaban J connectivity index is 2.28. The van der Waals surface area contributed by atoms with Gasteiger partial charge in [0.2, 0.25) is 0 Å². The van der Waals surface area contributed by atoms with Crippen molar-refractivity contribution in [1.29, 1.82) is 0 Å². The van der Waals surface area contributed by atoms with Crippen LogP contribution in [0.2, 0.25) is 5.02 Å². The van der Waals surface area contributed by atoms with Crippen molar-refractivity contribution in [3.8, 4) is 0 Å². The van der Waals surface area contributed by atoms with Gasteiger partial charge in [0.15, 0.2) is 0 Å². The van der Waals surface area contributed by atoms with Crippen LogP contribution in [0.25, 0.3) is 0 Å². The molecule has 1 fully saturated rings. The van der Waals surface area contributed by atoms with Crippen molar-refractivity contribution in [3.05, 3.63) is 34.6 Å². The summed E-state index contributed by atoms with van der Waals surface area (Å²) in [5.74, 6) is -0.218. The number of nitrogens with one attached hydrogen (secondary N) is 1. The maximum absolute atomic E-state index is 14.4. The molecule has 1 aliphatic carbocycles. The van der Waals surface area contributed by atoms with Crippen LogP contribution >= 0.6 is 11.6 Å². The van der Waals surface area contributed by atoms with E-state index in [9.17, 15) is 4.39 Å². The van der Waals surface area contributed by atoms with E-state index in [4.69, 9.17) is 11.6 Å². The predicted octanol–water partition coefficient (Wildman–Crippen LogP) is 4.68. The molecular formula is C16H23ClFN. The van der Waals surface area contributed by atoms with Gasteiger partial charge < -0.3 is 5.32 Å². The van der Waals surface area contributed by atoms with Gasteiger partial charge in [0.1, 0.15) is 5.82 Å². The lowest BCUT2D eigenvalue weighted by Crippen LogP contribution is -2.41. The van der Waals surface area contributed by atoms with E-state index in [1.165, 1.54) is 19.3 Å². The highest BCUT2D eigenvalue weighted by atomic mass is 35.5. The van der Waals surface area contributed by atoms with E-state index in [-0.39, 0.29) is 16.3 Å². The molecule has 106 valence electrons. The number of rotatable bonds is 5. The van der Waals surface area contributed by atoms with Crippen molar-refractivity contribution in [2.24, 2.45) is 0 Å². The molecule has 0 amide bonds. The number of hydrogen-bond acceptors (Lipinski definition) is 1. The molecule has 0 spiro atoms. The third kappa shape index (κ3) is 3.29. The second-order valence-electron chi connectivity index (χ2n) is 5.62. The van der Waals surface area contributed by atoms with Crippen LogP contribution in [-0.4, -0.2) is 13.1 Å². The molecule has 0 saturated heterocycles. The van der Waals surface area contributed by atoms with Crippen LogP contribution in [0.1, 0.15) is 51.0 Å². The van der Waals surface area contributed by atoms with Crippen molar-refractivity contribution < 1.29 is 4.39 Å². The Morgan fingerprint density at radius 3 is 2.68 bits per heavy atom. The van der Waals surface area contributed by atoms with Crippen LogP contribution in [0.3, 0.4) is 0 Å². The van der Waals surface area contributed by atoms with E-state index in [1.807, 2.05) is 12.1 Å². The molecule has 0 aromatic heterocycles. The maximum Gasteiger partial charge on any atom is 0.145 e. The Bertz CT molecular complexity index is 413. The highest BCUT2D eigenvalue weighted by molar-refractivity contribution is 6.30. The van der Waals surface area contributed by atoms with Gasteiger partial charge in [-0.2, -0.15) is 0 Å². The van der Waals surface area contributed by atoms with Crippen LogP contribution in [0.4, 0.5) is 4.39 Å². The fourth-order valence-corrected chi connectivity index (χ4v) is 3.36. The van der Waals surface area contributed by atoms with E-state index < -0.39 is 0 Å². The maximum atomic E-state index is 14.4. The van der Waals surface area contributed by atoms with Gasteiger partial charge in [-0.1, -0.05) is 49.9 Å². The minimum atomic E-state index is -0.218. The number of halogens is 2. The summed E-state index contributed by atoms with van der Waals surface area (Å²) in [5, 5.41) is 3.73. The van der Waals surface area contributed by atoms with Crippen molar-refractivity contribution in [2.45, 2.75) is 50.9 Å². The van der Waals surface area contributed by atoms with Crippen LogP contribution in [0.15, 0.2) is 18.2 Å². The van der Waals surface area contributed by atoms with Gasteiger partial charge >= 0.3 is 0 Å². The van der Waals surface area contributed by atoms with Crippen LogP contribution in [0, 0.1) is 5.82 Å². The summed E-state index contributed by atoms with van der Waals surface area (Å²) in [5.41, 5.74) is 0.742. The van der Waals surface area contributed by atoms with Crippen LogP contribution < -0.4 is 5.32 Å². The van der Waals surface area contributed by atoms with Gasteiger partial charge in [-0.25, -0.2) is 4.39 Å². The standard InChI is InChI=1S/C16H23ClFN/c1-2-11-19-12-16(9-4-3-5-10-16)13-7-6-8-14(17)15(13)18/h6-8,19H,2-5,9-12H2,1H3. The monoisotopic (exact) mass is 283 g/mol. The van der Waals surface area contributed by atoms with Crippen LogP contribution in [0.5, 0.6) is 0 Å². The largest absolute Gasteiger partial charge is 0.316 e. The van der Waals surface area contributed by atoms with Crippen molar-refractivity contribution in [3.63, 3.8) is 0 Å². The molecule has 0 bridgehead atoms. The smallest absolute Gasteiger partial charge is 0.145 e. The van der Waals surface area contributed by atoms with Gasteiger partial charge in [0.05, 0.1) is 5.02 Å². The Hall–Kier alpha value is -0.600. The minimum Gasteiger partial charge on any atom is -0.316 e. The molecule has 1 nitrogen and oxygen atoms in total. The summed E-state index contributed by atoms with van der Waals surface area (Å²) < 4.78 is 14.4. The SMILES string of the molecule is CCCNCC1(c2cccc(Cl)c2F)CCCCC1. The molecule has 1 aromatic carbocycles. The normalized spacial score (nSPS) is 18.5. The first-order valence-corrected chi connectivity index (χ1v) is 7.72. The predicted molar refractivity (Wildman–Crippen MR) is 79.3 cm³/mol. The van der Waals surface area contributed by atoms with E-state index in [2.05, 4.69) is 12.2 Å². The summed E-state index contributed by atoms with van der Waals surface area (Å²) >= 11 is 5.96. The van der Waals surface area contributed by atoms with E-state index in [1.54, 1.807) is 6.07 Å². The van der Waals surface area contributed by atoms with Crippen molar-refractivity contribution >= 4 is 11.6 Å². The van der Waals surface area contributed by atoms with Gasteiger partial charge in [-0.15, -0.1) is 0 Å². The van der Waals surface area contributed by atoms with Gasteiger partial charge in [-0.3, -0.25) is 0 Å². The second kappa shape index (κ2) is 6.71. The van der Waals surface area contributed by atoms with Gasteiger partial charge in [0, 0.05) is 12.0 Å². The summed E-state index contributed by atoms with van der Waals surface area (Å²) in [6.45, 7) is 4.00. The fourth-order valence-electron chi connectivity index (χ4n) is 3.19. The lowest BCUT2D eigenvalue weighted by Gasteiger charge is -2.38. The molecule has 1 aliphatic rings. The first-order valence-electron chi connectivity index (χ1n) is 7.35. The average Bonchev–Trinajstić information content (AvgIpc) is 2.43. The Morgan fingerprint density at radius 2 is 2.00 bits per heavy atom. The minimum absolute atomic E-state index is 0.0671. The lowest BCUT2D eigenvalue weighted by atomic mass is 9.69. The molecule has 1 N–H and O–H groups in total. The molecule has 0 atom stereocenters. The fraction of sp³-hybridized carbons (Fsp3) is 0.625. The molecule has 0 heterocycles. The lowest BCUT2D eigenvalue weighted by molar-refractivity contribution is 0.272. The summed E-state index contributed by atoms with van der Waals surface area (Å²) in [6, 6.07) is 5.42.